The van der Waals surface area contributed by atoms with Crippen molar-refractivity contribution >= 4 is 17.2 Å². The van der Waals surface area contributed by atoms with Crippen molar-refractivity contribution in [1.29, 1.82) is 0 Å². The van der Waals surface area contributed by atoms with Crippen LogP contribution in [0.15, 0.2) is 54.6 Å². The standard InChI is InChI=1S/C22H23NO3S/c1-15-19(16-8-10-18(25-2)11-9-16)14-21(27-15)22(24)23-13-12-17-6-4-5-7-20(17)26-3/h4-11,14H,12-13H2,1-3H3,(H,23,24). The normalized spacial score (nSPS) is 10.5. The van der Waals surface area contributed by atoms with Crippen LogP contribution < -0.4 is 14.8 Å². The predicted molar refractivity (Wildman–Crippen MR) is 110 cm³/mol. The van der Waals surface area contributed by atoms with Gasteiger partial charge in [-0.1, -0.05) is 30.3 Å². The van der Waals surface area contributed by atoms with Gasteiger partial charge in [-0.2, -0.15) is 0 Å². The first-order valence-corrected chi connectivity index (χ1v) is 9.59. The molecule has 2 aromatic carbocycles. The van der Waals surface area contributed by atoms with Crippen LogP contribution in [0.25, 0.3) is 11.1 Å². The lowest BCUT2D eigenvalue weighted by atomic mass is 10.1. The highest BCUT2D eigenvalue weighted by Gasteiger charge is 2.14. The molecule has 1 aromatic heterocycles. The minimum Gasteiger partial charge on any atom is -0.497 e. The largest absolute Gasteiger partial charge is 0.497 e. The summed E-state index contributed by atoms with van der Waals surface area (Å²) >= 11 is 1.51. The Morgan fingerprint density at radius 3 is 2.48 bits per heavy atom. The van der Waals surface area contributed by atoms with E-state index in [1.807, 2.05) is 61.5 Å². The van der Waals surface area contributed by atoms with Gasteiger partial charge in [0.15, 0.2) is 0 Å². The third-order valence-corrected chi connectivity index (χ3v) is 5.46. The van der Waals surface area contributed by atoms with Crippen molar-refractivity contribution in [2.24, 2.45) is 0 Å². The molecule has 3 aromatic rings. The Bertz CT molecular complexity index is 916. The molecule has 0 saturated carbocycles. The summed E-state index contributed by atoms with van der Waals surface area (Å²) in [7, 11) is 3.31. The number of hydrogen-bond acceptors (Lipinski definition) is 4. The van der Waals surface area contributed by atoms with E-state index < -0.39 is 0 Å². The summed E-state index contributed by atoms with van der Waals surface area (Å²) in [6.07, 6.45) is 0.728. The molecule has 3 rings (SSSR count). The maximum atomic E-state index is 12.5. The van der Waals surface area contributed by atoms with E-state index in [1.54, 1.807) is 14.2 Å². The molecule has 0 aliphatic carbocycles. The molecule has 0 bridgehead atoms. The topological polar surface area (TPSA) is 47.6 Å². The monoisotopic (exact) mass is 381 g/mol. The second-order valence-corrected chi connectivity index (χ2v) is 7.38. The molecule has 0 fully saturated rings. The SMILES string of the molecule is COc1ccc(-c2cc(C(=O)NCCc3ccccc3OC)sc2C)cc1. The fraction of sp³-hybridized carbons (Fsp3) is 0.227. The lowest BCUT2D eigenvalue weighted by Gasteiger charge is -2.08. The average molecular weight is 381 g/mol. The number of amides is 1. The molecule has 5 heteroatoms. The first-order valence-electron chi connectivity index (χ1n) is 8.77. The van der Waals surface area contributed by atoms with Gasteiger partial charge in [-0.05, 0) is 54.3 Å². The number of thiophene rings is 1. The molecule has 0 aliphatic heterocycles. The maximum absolute atomic E-state index is 12.5. The molecule has 0 spiro atoms. The van der Waals surface area contributed by atoms with Crippen molar-refractivity contribution in [3.05, 3.63) is 69.9 Å². The van der Waals surface area contributed by atoms with Gasteiger partial charge in [0, 0.05) is 11.4 Å². The Morgan fingerprint density at radius 2 is 1.78 bits per heavy atom. The molecular formula is C22H23NO3S. The smallest absolute Gasteiger partial charge is 0.261 e. The van der Waals surface area contributed by atoms with E-state index in [1.165, 1.54) is 11.3 Å². The van der Waals surface area contributed by atoms with Gasteiger partial charge in [0.2, 0.25) is 0 Å². The molecule has 1 N–H and O–H groups in total. The van der Waals surface area contributed by atoms with Crippen molar-refractivity contribution in [3.63, 3.8) is 0 Å². The number of carbonyl (C=O) groups is 1. The van der Waals surface area contributed by atoms with Crippen LogP contribution in [0.3, 0.4) is 0 Å². The quantitative estimate of drug-likeness (QED) is 0.645. The van der Waals surface area contributed by atoms with E-state index in [4.69, 9.17) is 9.47 Å². The molecular weight excluding hydrogens is 358 g/mol. The average Bonchev–Trinajstić information content (AvgIpc) is 3.10. The van der Waals surface area contributed by atoms with Crippen LogP contribution in [0, 0.1) is 6.92 Å². The zero-order chi connectivity index (χ0) is 19.2. The summed E-state index contributed by atoms with van der Waals surface area (Å²) in [4.78, 5) is 14.4. The summed E-state index contributed by atoms with van der Waals surface area (Å²) < 4.78 is 10.6. The lowest BCUT2D eigenvalue weighted by molar-refractivity contribution is 0.0958. The first-order chi connectivity index (χ1) is 13.1. The third kappa shape index (κ3) is 4.49. The molecule has 0 unspecified atom stereocenters. The van der Waals surface area contributed by atoms with Crippen molar-refractivity contribution in [1.82, 2.24) is 5.32 Å². The van der Waals surface area contributed by atoms with E-state index in [9.17, 15) is 4.79 Å². The summed E-state index contributed by atoms with van der Waals surface area (Å²) in [5.74, 6) is 1.62. The minimum absolute atomic E-state index is 0.0437. The number of carbonyl (C=O) groups excluding carboxylic acids is 1. The third-order valence-electron chi connectivity index (χ3n) is 4.42. The number of rotatable bonds is 7. The molecule has 27 heavy (non-hydrogen) atoms. The van der Waals surface area contributed by atoms with E-state index >= 15 is 0 Å². The Hall–Kier alpha value is -2.79. The number of para-hydroxylation sites is 1. The van der Waals surface area contributed by atoms with E-state index in [2.05, 4.69) is 5.32 Å². The summed E-state index contributed by atoms with van der Waals surface area (Å²) in [5, 5.41) is 3.00. The van der Waals surface area contributed by atoms with Crippen molar-refractivity contribution in [3.8, 4) is 22.6 Å². The number of nitrogens with one attached hydrogen (secondary N) is 1. The zero-order valence-corrected chi connectivity index (χ0v) is 16.6. The van der Waals surface area contributed by atoms with Gasteiger partial charge in [-0.25, -0.2) is 0 Å². The second-order valence-electron chi connectivity index (χ2n) is 6.13. The van der Waals surface area contributed by atoms with E-state index in [0.29, 0.717) is 6.54 Å². The van der Waals surface area contributed by atoms with E-state index in [0.717, 1.165) is 44.4 Å². The molecule has 0 aliphatic rings. The fourth-order valence-electron chi connectivity index (χ4n) is 2.96. The van der Waals surface area contributed by atoms with Gasteiger partial charge in [0.1, 0.15) is 11.5 Å². The van der Waals surface area contributed by atoms with Crippen LogP contribution in [0.1, 0.15) is 20.1 Å². The molecule has 4 nitrogen and oxygen atoms in total. The second kappa shape index (κ2) is 8.73. The van der Waals surface area contributed by atoms with Gasteiger partial charge >= 0.3 is 0 Å². The maximum Gasteiger partial charge on any atom is 0.261 e. The molecule has 0 radical (unpaired) electrons. The number of aryl methyl sites for hydroxylation is 1. The van der Waals surface area contributed by atoms with Crippen LogP contribution in [-0.2, 0) is 6.42 Å². The molecule has 140 valence electrons. The molecule has 1 amide bonds. The summed E-state index contributed by atoms with van der Waals surface area (Å²) in [5.41, 5.74) is 3.25. The Kier molecular flexibility index (Phi) is 6.14. The first kappa shape index (κ1) is 19.0. The van der Waals surface area contributed by atoms with Crippen LogP contribution in [0.4, 0.5) is 0 Å². The summed E-state index contributed by atoms with van der Waals surface area (Å²) in [6, 6.07) is 17.7. The van der Waals surface area contributed by atoms with Gasteiger partial charge in [-0.3, -0.25) is 4.79 Å². The predicted octanol–water partition coefficient (Wildman–Crippen LogP) is 4.71. The van der Waals surface area contributed by atoms with Gasteiger partial charge < -0.3 is 14.8 Å². The fourth-order valence-corrected chi connectivity index (χ4v) is 3.92. The lowest BCUT2D eigenvalue weighted by Crippen LogP contribution is -2.24. The van der Waals surface area contributed by atoms with Gasteiger partial charge in [0.25, 0.3) is 5.91 Å². The highest BCUT2D eigenvalue weighted by Crippen LogP contribution is 2.32. The van der Waals surface area contributed by atoms with Crippen LogP contribution in [0.5, 0.6) is 11.5 Å². The molecule has 0 saturated heterocycles. The summed E-state index contributed by atoms with van der Waals surface area (Å²) in [6.45, 7) is 2.60. The number of methoxy groups -OCH3 is 2. The van der Waals surface area contributed by atoms with Crippen molar-refractivity contribution < 1.29 is 14.3 Å². The Labute approximate surface area is 163 Å². The Morgan fingerprint density at radius 1 is 1.04 bits per heavy atom. The molecule has 1 heterocycles. The minimum atomic E-state index is -0.0437. The highest BCUT2D eigenvalue weighted by atomic mass is 32.1. The van der Waals surface area contributed by atoms with Gasteiger partial charge in [-0.15, -0.1) is 11.3 Å². The van der Waals surface area contributed by atoms with Crippen LogP contribution in [-0.4, -0.2) is 26.7 Å². The Balaban J connectivity index is 1.65. The number of hydrogen-bond donors (Lipinski definition) is 1. The van der Waals surface area contributed by atoms with Crippen molar-refractivity contribution in [2.45, 2.75) is 13.3 Å². The van der Waals surface area contributed by atoms with E-state index in [-0.39, 0.29) is 5.91 Å². The molecule has 0 atom stereocenters. The number of benzene rings is 2. The van der Waals surface area contributed by atoms with Crippen molar-refractivity contribution in [2.75, 3.05) is 20.8 Å². The zero-order valence-electron chi connectivity index (χ0n) is 15.7. The van der Waals surface area contributed by atoms with Crippen LogP contribution >= 0.6 is 11.3 Å². The number of ether oxygens (including phenoxy) is 2. The highest BCUT2D eigenvalue weighted by molar-refractivity contribution is 7.14. The van der Waals surface area contributed by atoms with Gasteiger partial charge in [0.05, 0.1) is 19.1 Å². The van der Waals surface area contributed by atoms with Crippen LogP contribution in [0.2, 0.25) is 0 Å².